The van der Waals surface area contributed by atoms with Gasteiger partial charge in [-0.3, -0.25) is 4.79 Å². The molecular formula is C28H28ClN3O3. The molecule has 0 N–H and O–H groups in total. The van der Waals surface area contributed by atoms with Crippen LogP contribution >= 0.6 is 11.6 Å². The molecular weight excluding hydrogens is 462 g/mol. The zero-order valence-corrected chi connectivity index (χ0v) is 20.7. The first kappa shape index (κ1) is 23.2. The molecule has 0 unspecified atom stereocenters. The highest BCUT2D eigenvalue weighted by atomic mass is 35.5. The number of amides is 1. The van der Waals surface area contributed by atoms with Gasteiger partial charge >= 0.3 is 0 Å². The van der Waals surface area contributed by atoms with E-state index in [0.717, 1.165) is 52.6 Å². The lowest BCUT2D eigenvalue weighted by Gasteiger charge is -2.18. The van der Waals surface area contributed by atoms with Gasteiger partial charge in [-0.15, -0.1) is 0 Å². The van der Waals surface area contributed by atoms with Gasteiger partial charge in [0.15, 0.2) is 11.5 Å². The summed E-state index contributed by atoms with van der Waals surface area (Å²) in [5.41, 5.74) is 3.87. The van der Waals surface area contributed by atoms with Crippen molar-refractivity contribution in [1.29, 1.82) is 0 Å². The second-order valence-corrected chi connectivity index (χ2v) is 9.21. The summed E-state index contributed by atoms with van der Waals surface area (Å²) in [7, 11) is 1.64. The number of halogens is 1. The van der Waals surface area contributed by atoms with Crippen molar-refractivity contribution in [2.45, 2.75) is 32.2 Å². The van der Waals surface area contributed by atoms with Gasteiger partial charge in [0.1, 0.15) is 5.82 Å². The summed E-state index contributed by atoms with van der Waals surface area (Å²) in [6, 6.07) is 21.5. The molecule has 2 heterocycles. The summed E-state index contributed by atoms with van der Waals surface area (Å²) < 4.78 is 13.6. The number of anilines is 1. The molecule has 5 rings (SSSR count). The number of benzene rings is 3. The number of nitrogens with zero attached hydrogens (tertiary/aromatic N) is 3. The van der Waals surface area contributed by atoms with Crippen LogP contribution in [0.15, 0.2) is 66.7 Å². The molecule has 1 aromatic heterocycles. The zero-order valence-electron chi connectivity index (χ0n) is 19.9. The Balaban J connectivity index is 1.35. The Morgan fingerprint density at radius 3 is 2.63 bits per heavy atom. The van der Waals surface area contributed by atoms with Crippen LogP contribution in [0, 0.1) is 6.92 Å². The minimum Gasteiger partial charge on any atom is -0.493 e. The number of methoxy groups -OCH3 is 1. The first-order chi connectivity index (χ1) is 17.0. The predicted molar refractivity (Wildman–Crippen MR) is 139 cm³/mol. The fourth-order valence-electron chi connectivity index (χ4n) is 4.71. The van der Waals surface area contributed by atoms with Crippen LogP contribution in [0.1, 0.15) is 30.1 Å². The first-order valence-electron chi connectivity index (χ1n) is 11.8. The van der Waals surface area contributed by atoms with Crippen LogP contribution in [-0.4, -0.2) is 35.7 Å². The van der Waals surface area contributed by atoms with Crippen molar-refractivity contribution in [3.8, 4) is 11.5 Å². The SMILES string of the molecule is COc1ccccc1OCCCn1c([C@@H]2CC(=O)N(c3ccc(Cl)c(C)c3)C2)nc2ccccc21. The first-order valence-corrected chi connectivity index (χ1v) is 12.2. The van der Waals surface area contributed by atoms with Gasteiger partial charge in [0.2, 0.25) is 5.91 Å². The maximum Gasteiger partial charge on any atom is 0.227 e. The Kier molecular flexibility index (Phi) is 6.64. The summed E-state index contributed by atoms with van der Waals surface area (Å²) >= 11 is 6.20. The third kappa shape index (κ3) is 4.71. The van der Waals surface area contributed by atoms with E-state index in [2.05, 4.69) is 10.6 Å². The number of rotatable bonds is 8. The van der Waals surface area contributed by atoms with Gasteiger partial charge in [-0.1, -0.05) is 35.9 Å². The fraction of sp³-hybridized carbons (Fsp3) is 0.286. The summed E-state index contributed by atoms with van der Waals surface area (Å²) in [5.74, 6) is 2.53. The van der Waals surface area contributed by atoms with Crippen LogP contribution in [0.4, 0.5) is 5.69 Å². The van der Waals surface area contributed by atoms with Crippen molar-refractivity contribution in [1.82, 2.24) is 9.55 Å². The van der Waals surface area contributed by atoms with Gasteiger partial charge in [0.05, 0.1) is 24.8 Å². The Morgan fingerprint density at radius 1 is 1.06 bits per heavy atom. The van der Waals surface area contributed by atoms with Crippen LogP contribution in [0.5, 0.6) is 11.5 Å². The monoisotopic (exact) mass is 489 g/mol. The van der Waals surface area contributed by atoms with Crippen molar-refractivity contribution >= 4 is 34.2 Å². The number of fused-ring (bicyclic) bond motifs is 1. The largest absolute Gasteiger partial charge is 0.493 e. The molecule has 0 saturated carbocycles. The third-order valence-electron chi connectivity index (χ3n) is 6.48. The van der Waals surface area contributed by atoms with Crippen LogP contribution in [0.2, 0.25) is 5.02 Å². The van der Waals surface area contributed by atoms with Crippen LogP contribution in [-0.2, 0) is 11.3 Å². The highest BCUT2D eigenvalue weighted by molar-refractivity contribution is 6.31. The lowest BCUT2D eigenvalue weighted by molar-refractivity contribution is -0.117. The fourth-order valence-corrected chi connectivity index (χ4v) is 4.83. The Bertz CT molecular complexity index is 1370. The molecule has 1 saturated heterocycles. The number of aryl methyl sites for hydroxylation is 2. The molecule has 6 nitrogen and oxygen atoms in total. The minimum absolute atomic E-state index is 0.0148. The van der Waals surface area contributed by atoms with E-state index in [-0.39, 0.29) is 11.8 Å². The van der Waals surface area contributed by atoms with Gasteiger partial charge < -0.3 is 18.9 Å². The Hall–Kier alpha value is -3.51. The summed E-state index contributed by atoms with van der Waals surface area (Å²) in [6.07, 6.45) is 1.23. The quantitative estimate of drug-likeness (QED) is 0.285. The maximum absolute atomic E-state index is 13.0. The van der Waals surface area contributed by atoms with Gasteiger partial charge in [0, 0.05) is 36.1 Å². The molecule has 0 bridgehead atoms. The second-order valence-electron chi connectivity index (χ2n) is 8.80. The van der Waals surface area contributed by atoms with Crippen LogP contribution in [0.25, 0.3) is 11.0 Å². The van der Waals surface area contributed by atoms with Crippen LogP contribution in [0.3, 0.4) is 0 Å². The topological polar surface area (TPSA) is 56.6 Å². The minimum atomic E-state index is 0.0148. The lowest BCUT2D eigenvalue weighted by atomic mass is 10.1. The van der Waals surface area contributed by atoms with Crippen molar-refractivity contribution in [2.24, 2.45) is 0 Å². The van der Waals surface area contributed by atoms with Crippen LogP contribution < -0.4 is 14.4 Å². The molecule has 1 atom stereocenters. The Labute approximate surface area is 210 Å². The number of hydrogen-bond acceptors (Lipinski definition) is 4. The molecule has 0 aliphatic carbocycles. The molecule has 0 radical (unpaired) electrons. The Morgan fingerprint density at radius 2 is 1.83 bits per heavy atom. The van der Waals surface area contributed by atoms with Crippen molar-refractivity contribution in [3.05, 3.63) is 83.1 Å². The highest BCUT2D eigenvalue weighted by Gasteiger charge is 2.35. The summed E-state index contributed by atoms with van der Waals surface area (Å²) in [6.45, 7) is 3.85. The van der Waals surface area contributed by atoms with Crippen molar-refractivity contribution in [2.75, 3.05) is 25.2 Å². The molecule has 180 valence electrons. The van der Waals surface area contributed by atoms with Crippen molar-refractivity contribution < 1.29 is 14.3 Å². The molecule has 1 amide bonds. The lowest BCUT2D eigenvalue weighted by Crippen LogP contribution is -2.24. The predicted octanol–water partition coefficient (Wildman–Crippen LogP) is 6.00. The standard InChI is InChI=1S/C28H28ClN3O3/c1-19-16-21(12-13-22(19)29)32-18-20(17-27(32)33)28-30-23-8-3-4-9-24(23)31(28)14-7-15-35-26-11-6-5-10-25(26)34-2/h3-6,8-13,16,20H,7,14-15,17-18H2,1-2H3/t20-/m1/s1. The van der Waals surface area contributed by atoms with Gasteiger partial charge in [-0.05, 0) is 61.4 Å². The molecule has 1 fully saturated rings. The molecule has 3 aromatic carbocycles. The summed E-state index contributed by atoms with van der Waals surface area (Å²) in [4.78, 5) is 19.8. The van der Waals surface area contributed by atoms with E-state index in [9.17, 15) is 4.79 Å². The van der Waals surface area contributed by atoms with E-state index in [0.29, 0.717) is 24.6 Å². The number of carbonyl (C=O) groups excluding carboxylic acids is 1. The van der Waals surface area contributed by atoms with E-state index in [4.69, 9.17) is 26.1 Å². The smallest absolute Gasteiger partial charge is 0.227 e. The van der Waals surface area contributed by atoms with E-state index in [1.165, 1.54) is 0 Å². The molecule has 35 heavy (non-hydrogen) atoms. The molecule has 0 spiro atoms. The van der Waals surface area contributed by atoms with E-state index in [1.54, 1.807) is 7.11 Å². The number of carbonyl (C=O) groups is 1. The molecule has 4 aromatic rings. The van der Waals surface area contributed by atoms with Gasteiger partial charge in [0.25, 0.3) is 0 Å². The number of hydrogen-bond donors (Lipinski definition) is 0. The number of ether oxygens (including phenoxy) is 2. The van der Waals surface area contributed by atoms with Crippen molar-refractivity contribution in [3.63, 3.8) is 0 Å². The van der Waals surface area contributed by atoms with E-state index < -0.39 is 0 Å². The van der Waals surface area contributed by atoms with E-state index in [1.807, 2.05) is 72.5 Å². The average Bonchev–Trinajstić information content (AvgIpc) is 3.44. The normalized spacial score (nSPS) is 15.7. The zero-order chi connectivity index (χ0) is 24.4. The highest BCUT2D eigenvalue weighted by Crippen LogP contribution is 2.34. The number of aromatic nitrogens is 2. The average molecular weight is 490 g/mol. The van der Waals surface area contributed by atoms with E-state index >= 15 is 0 Å². The molecule has 1 aliphatic rings. The molecule has 7 heteroatoms. The number of imidazole rings is 1. The third-order valence-corrected chi connectivity index (χ3v) is 6.90. The summed E-state index contributed by atoms with van der Waals surface area (Å²) in [5, 5.41) is 0.703. The van der Waals surface area contributed by atoms with Gasteiger partial charge in [-0.25, -0.2) is 4.98 Å². The maximum atomic E-state index is 13.0. The van der Waals surface area contributed by atoms with Gasteiger partial charge in [-0.2, -0.15) is 0 Å². The molecule has 1 aliphatic heterocycles. The second kappa shape index (κ2) is 10.0. The number of para-hydroxylation sites is 4.